The smallest absolute Gasteiger partial charge is 0.308 e. The van der Waals surface area contributed by atoms with Crippen LogP contribution in [-0.4, -0.2) is 24.8 Å². The molecule has 2 aromatic heterocycles. The number of nitrogens with one attached hydrogen (secondary N) is 1. The predicted octanol–water partition coefficient (Wildman–Crippen LogP) is 1.02. The van der Waals surface area contributed by atoms with Crippen molar-refractivity contribution < 1.29 is 4.79 Å². The number of rotatable bonds is 3. The normalized spacial score (nSPS) is 11.0. The average Bonchev–Trinajstić information content (AvgIpc) is 2.92. The first kappa shape index (κ1) is 14.1. The minimum atomic E-state index is -0.281. The van der Waals surface area contributed by atoms with Gasteiger partial charge < -0.3 is 5.32 Å². The highest BCUT2D eigenvalue weighted by Gasteiger charge is 2.14. The molecule has 0 atom stereocenters. The molecule has 1 N–H and O–H groups in total. The maximum absolute atomic E-state index is 12.3. The zero-order valence-corrected chi connectivity index (χ0v) is 12.7. The summed E-state index contributed by atoms with van der Waals surface area (Å²) in [6.07, 6.45) is 0. The van der Waals surface area contributed by atoms with Crippen LogP contribution in [0.5, 0.6) is 0 Å². The Hall–Kier alpha value is -2.83. The van der Waals surface area contributed by atoms with Crippen molar-refractivity contribution in [3.05, 3.63) is 46.5 Å². The van der Waals surface area contributed by atoms with Gasteiger partial charge in [0.25, 0.3) is 0 Å². The van der Waals surface area contributed by atoms with Crippen molar-refractivity contribution in [1.82, 2.24) is 18.9 Å². The van der Waals surface area contributed by atoms with Gasteiger partial charge in [0.05, 0.1) is 11.0 Å². The Balaban J connectivity index is 1.88. The van der Waals surface area contributed by atoms with E-state index < -0.39 is 0 Å². The lowest BCUT2D eigenvalue weighted by Crippen LogP contribution is -2.28. The lowest BCUT2D eigenvalue weighted by atomic mass is 10.3. The second-order valence-electron chi connectivity index (χ2n) is 5.26. The van der Waals surface area contributed by atoms with Crippen LogP contribution in [0.3, 0.4) is 0 Å². The summed E-state index contributed by atoms with van der Waals surface area (Å²) < 4.78 is 4.67. The molecule has 3 rings (SSSR count). The van der Waals surface area contributed by atoms with Crippen molar-refractivity contribution in [3.8, 4) is 0 Å². The summed E-state index contributed by atoms with van der Waals surface area (Å²) in [5.74, 6) is 0.204. The maximum Gasteiger partial charge on any atom is 0.329 e. The van der Waals surface area contributed by atoms with Gasteiger partial charge in [-0.05, 0) is 19.1 Å². The van der Waals surface area contributed by atoms with Crippen LogP contribution >= 0.6 is 0 Å². The summed E-state index contributed by atoms with van der Waals surface area (Å²) in [6, 6.07) is 9.17. The topological polar surface area (TPSA) is 73.8 Å². The Labute approximate surface area is 126 Å². The zero-order valence-electron chi connectivity index (χ0n) is 12.7. The van der Waals surface area contributed by atoms with Crippen LogP contribution in [0.1, 0.15) is 5.69 Å². The summed E-state index contributed by atoms with van der Waals surface area (Å²) in [5, 5.41) is 6.89. The fourth-order valence-corrected chi connectivity index (χ4v) is 2.46. The number of para-hydroxylation sites is 2. The van der Waals surface area contributed by atoms with Crippen molar-refractivity contribution in [2.75, 3.05) is 5.32 Å². The number of imidazole rings is 1. The van der Waals surface area contributed by atoms with Gasteiger partial charge in [-0.15, -0.1) is 0 Å². The van der Waals surface area contributed by atoms with Crippen LogP contribution in [0.2, 0.25) is 0 Å². The van der Waals surface area contributed by atoms with Gasteiger partial charge >= 0.3 is 5.69 Å². The lowest BCUT2D eigenvalue weighted by molar-refractivity contribution is -0.116. The van der Waals surface area contributed by atoms with Gasteiger partial charge in [0.2, 0.25) is 5.91 Å². The van der Waals surface area contributed by atoms with Crippen LogP contribution in [0, 0.1) is 6.92 Å². The minimum Gasteiger partial charge on any atom is -0.308 e. The molecular weight excluding hydrogens is 282 g/mol. The number of fused-ring (bicyclic) bond motifs is 1. The molecule has 114 valence electrons. The van der Waals surface area contributed by atoms with Gasteiger partial charge in [-0.3, -0.25) is 18.6 Å². The van der Waals surface area contributed by atoms with Gasteiger partial charge in [0.15, 0.2) is 5.82 Å². The summed E-state index contributed by atoms with van der Waals surface area (Å²) >= 11 is 0. The van der Waals surface area contributed by atoms with Crippen molar-refractivity contribution >= 4 is 22.8 Å². The van der Waals surface area contributed by atoms with Gasteiger partial charge in [-0.25, -0.2) is 4.79 Å². The van der Waals surface area contributed by atoms with E-state index in [9.17, 15) is 9.59 Å². The third-order valence-electron chi connectivity index (χ3n) is 3.73. The third-order valence-corrected chi connectivity index (χ3v) is 3.73. The van der Waals surface area contributed by atoms with Crippen molar-refractivity contribution in [1.29, 1.82) is 0 Å². The highest BCUT2D eigenvalue weighted by atomic mass is 16.2. The first-order valence-electron chi connectivity index (χ1n) is 6.92. The Morgan fingerprint density at radius 1 is 1.23 bits per heavy atom. The fraction of sp³-hybridized carbons (Fsp3) is 0.267. The molecule has 0 aliphatic heterocycles. The highest BCUT2D eigenvalue weighted by Crippen LogP contribution is 2.12. The summed E-state index contributed by atoms with van der Waals surface area (Å²) in [5.41, 5.74) is 2.27. The molecule has 0 saturated carbocycles. The molecule has 2 heterocycles. The molecule has 1 aromatic carbocycles. The van der Waals surface area contributed by atoms with Gasteiger partial charge in [0, 0.05) is 25.9 Å². The average molecular weight is 299 g/mol. The van der Waals surface area contributed by atoms with Crippen LogP contribution in [-0.2, 0) is 25.4 Å². The molecule has 0 saturated heterocycles. The molecule has 0 unspecified atom stereocenters. The van der Waals surface area contributed by atoms with E-state index in [0.29, 0.717) is 5.82 Å². The van der Waals surface area contributed by atoms with E-state index in [0.717, 1.165) is 16.7 Å². The number of aryl methyl sites for hydroxylation is 3. The Bertz CT molecular complexity index is 896. The van der Waals surface area contributed by atoms with E-state index >= 15 is 0 Å². The van der Waals surface area contributed by atoms with E-state index in [2.05, 4.69) is 10.4 Å². The number of aromatic nitrogens is 4. The Morgan fingerprint density at radius 3 is 2.55 bits per heavy atom. The molecule has 0 aliphatic carbocycles. The van der Waals surface area contributed by atoms with Crippen LogP contribution in [0.25, 0.3) is 11.0 Å². The first-order valence-corrected chi connectivity index (χ1v) is 6.92. The number of carbonyl (C=O) groups excluding carboxylic acids is 1. The molecular formula is C15H17N5O2. The number of amides is 1. The molecule has 1 amide bonds. The summed E-state index contributed by atoms with van der Waals surface area (Å²) in [6.45, 7) is 1.85. The predicted molar refractivity (Wildman–Crippen MR) is 83.8 cm³/mol. The molecule has 22 heavy (non-hydrogen) atoms. The SMILES string of the molecule is Cc1cc(NC(=O)Cn2c(=O)n(C)c3ccccc32)nn1C. The molecule has 0 fully saturated rings. The first-order chi connectivity index (χ1) is 10.5. The molecule has 0 aliphatic rings. The quantitative estimate of drug-likeness (QED) is 0.784. The molecule has 0 spiro atoms. The Morgan fingerprint density at radius 2 is 1.91 bits per heavy atom. The maximum atomic E-state index is 12.3. The van der Waals surface area contributed by atoms with E-state index in [1.165, 1.54) is 9.13 Å². The molecule has 7 nitrogen and oxygen atoms in total. The monoisotopic (exact) mass is 299 g/mol. The number of nitrogens with zero attached hydrogens (tertiary/aromatic N) is 4. The Kier molecular flexibility index (Phi) is 3.32. The van der Waals surface area contributed by atoms with Gasteiger partial charge in [-0.1, -0.05) is 12.1 Å². The standard InChI is InChI=1S/C15H17N5O2/c1-10-8-13(17-19(10)3)16-14(21)9-20-12-7-5-4-6-11(12)18(2)15(20)22/h4-8H,9H2,1-3H3,(H,16,17,21). The third kappa shape index (κ3) is 2.30. The highest BCUT2D eigenvalue weighted by molar-refractivity contribution is 5.90. The van der Waals surface area contributed by atoms with Crippen LogP contribution in [0.15, 0.2) is 35.1 Å². The summed E-state index contributed by atoms with van der Waals surface area (Å²) in [7, 11) is 3.50. The van der Waals surface area contributed by atoms with E-state index in [-0.39, 0.29) is 18.1 Å². The van der Waals surface area contributed by atoms with Crippen molar-refractivity contribution in [2.24, 2.45) is 14.1 Å². The van der Waals surface area contributed by atoms with Gasteiger partial charge in [-0.2, -0.15) is 5.10 Å². The second-order valence-corrected chi connectivity index (χ2v) is 5.26. The van der Waals surface area contributed by atoms with Crippen LogP contribution < -0.4 is 11.0 Å². The second kappa shape index (κ2) is 5.18. The molecule has 0 bridgehead atoms. The van der Waals surface area contributed by atoms with Crippen molar-refractivity contribution in [3.63, 3.8) is 0 Å². The molecule has 0 radical (unpaired) electrons. The van der Waals surface area contributed by atoms with E-state index in [4.69, 9.17) is 0 Å². The number of benzene rings is 1. The number of anilines is 1. The van der Waals surface area contributed by atoms with E-state index in [1.54, 1.807) is 24.8 Å². The minimum absolute atomic E-state index is 0.0458. The molecule has 3 aromatic rings. The summed E-state index contributed by atoms with van der Waals surface area (Å²) in [4.78, 5) is 24.4. The van der Waals surface area contributed by atoms with Crippen LogP contribution in [0.4, 0.5) is 5.82 Å². The lowest BCUT2D eigenvalue weighted by Gasteiger charge is -2.03. The van der Waals surface area contributed by atoms with Crippen molar-refractivity contribution in [2.45, 2.75) is 13.5 Å². The largest absolute Gasteiger partial charge is 0.329 e. The zero-order chi connectivity index (χ0) is 15.9. The van der Waals surface area contributed by atoms with E-state index in [1.807, 2.05) is 31.2 Å². The number of carbonyl (C=O) groups is 1. The number of hydrogen-bond acceptors (Lipinski definition) is 3. The molecule has 7 heteroatoms. The van der Waals surface area contributed by atoms with Gasteiger partial charge in [0.1, 0.15) is 6.54 Å². The fourth-order valence-electron chi connectivity index (χ4n) is 2.46. The number of hydrogen-bond donors (Lipinski definition) is 1.